The smallest absolute Gasteiger partial charge is 0.319 e. The number of hydrogen-bond donors (Lipinski definition) is 2. The molecule has 0 saturated carbocycles. The summed E-state index contributed by atoms with van der Waals surface area (Å²) in [5, 5.41) is 9.72. The molecule has 0 aliphatic heterocycles. The van der Waals surface area contributed by atoms with E-state index in [0.717, 1.165) is 0 Å². The van der Waals surface area contributed by atoms with Crippen molar-refractivity contribution < 1.29 is 19.1 Å². The van der Waals surface area contributed by atoms with Gasteiger partial charge >= 0.3 is 12.0 Å². The van der Waals surface area contributed by atoms with Crippen LogP contribution in [0.2, 0.25) is 0 Å². The first-order chi connectivity index (χ1) is 11.5. The average Bonchev–Trinajstić information content (AvgIpc) is 2.88. The zero-order valence-electron chi connectivity index (χ0n) is 16.0. The fraction of sp³-hybridized carbons (Fsp3) is 0.706. The second-order valence-corrected chi connectivity index (χ2v) is 7.53. The number of hydrogen-bond acceptors (Lipinski definition) is 5. The van der Waals surface area contributed by atoms with E-state index in [1.807, 2.05) is 34.6 Å². The third-order valence-electron chi connectivity index (χ3n) is 3.24. The summed E-state index contributed by atoms with van der Waals surface area (Å²) in [6.07, 6.45) is 4.01. The first-order valence-electron chi connectivity index (χ1n) is 8.33. The highest BCUT2D eigenvalue weighted by Crippen LogP contribution is 2.15. The van der Waals surface area contributed by atoms with Gasteiger partial charge in [-0.25, -0.2) is 4.79 Å². The Morgan fingerprint density at radius 1 is 1.24 bits per heavy atom. The highest BCUT2D eigenvalue weighted by molar-refractivity contribution is 5.89. The van der Waals surface area contributed by atoms with Gasteiger partial charge in [-0.1, -0.05) is 0 Å². The lowest BCUT2D eigenvalue weighted by molar-refractivity contribution is -0.155. The van der Waals surface area contributed by atoms with Crippen LogP contribution in [0.5, 0.6) is 0 Å². The summed E-state index contributed by atoms with van der Waals surface area (Å²) in [7, 11) is 1.62. The summed E-state index contributed by atoms with van der Waals surface area (Å²) < 4.78 is 11.9. The largest absolute Gasteiger partial charge is 0.460 e. The van der Waals surface area contributed by atoms with Gasteiger partial charge in [0.15, 0.2) is 0 Å². The second-order valence-electron chi connectivity index (χ2n) is 7.53. The number of urea groups is 1. The molecule has 142 valence electrons. The Bertz CT molecular complexity index is 575. The number of anilines is 1. The van der Waals surface area contributed by atoms with Gasteiger partial charge in [0.05, 0.1) is 25.0 Å². The molecule has 8 heteroatoms. The molecule has 0 bridgehead atoms. The number of aromatic nitrogens is 2. The first kappa shape index (κ1) is 21.0. The Morgan fingerprint density at radius 3 is 2.52 bits per heavy atom. The molecule has 8 nitrogen and oxygen atoms in total. The summed E-state index contributed by atoms with van der Waals surface area (Å²) in [6, 6.07) is -0.347. The zero-order chi connectivity index (χ0) is 19.1. The maximum atomic E-state index is 12.1. The van der Waals surface area contributed by atoms with Gasteiger partial charge < -0.3 is 20.1 Å². The average molecular weight is 354 g/mol. The van der Waals surface area contributed by atoms with Crippen LogP contribution in [0.4, 0.5) is 10.5 Å². The van der Waals surface area contributed by atoms with Crippen LogP contribution in [0.25, 0.3) is 0 Å². The molecule has 1 aromatic heterocycles. The maximum absolute atomic E-state index is 12.1. The molecule has 0 aromatic carbocycles. The van der Waals surface area contributed by atoms with Crippen molar-refractivity contribution in [2.24, 2.45) is 0 Å². The van der Waals surface area contributed by atoms with Crippen molar-refractivity contribution in [3.05, 3.63) is 12.4 Å². The van der Waals surface area contributed by atoms with E-state index in [1.54, 1.807) is 24.2 Å². The fourth-order valence-electron chi connectivity index (χ4n) is 2.07. The number of amides is 2. The highest BCUT2D eigenvalue weighted by Gasteiger charge is 2.24. The Labute approximate surface area is 149 Å². The maximum Gasteiger partial charge on any atom is 0.319 e. The van der Waals surface area contributed by atoms with Crippen molar-refractivity contribution in [2.45, 2.75) is 65.1 Å². The minimum Gasteiger partial charge on any atom is -0.460 e. The van der Waals surface area contributed by atoms with Crippen LogP contribution in [0, 0.1) is 0 Å². The van der Waals surface area contributed by atoms with Gasteiger partial charge in [0.25, 0.3) is 0 Å². The molecule has 0 spiro atoms. The normalized spacial score (nSPS) is 11.9. The minimum absolute atomic E-state index is 0.236. The molecule has 25 heavy (non-hydrogen) atoms. The molecule has 1 heterocycles. The molecular weight excluding hydrogens is 324 g/mol. The molecule has 0 radical (unpaired) electrons. The Morgan fingerprint density at radius 2 is 1.92 bits per heavy atom. The van der Waals surface area contributed by atoms with Gasteiger partial charge in [0, 0.05) is 25.3 Å². The number of rotatable bonds is 8. The molecule has 0 aliphatic carbocycles. The molecular formula is C17H30N4O4. The first-order valence-corrected chi connectivity index (χ1v) is 8.33. The van der Waals surface area contributed by atoms with E-state index >= 15 is 0 Å². The van der Waals surface area contributed by atoms with Gasteiger partial charge in [-0.15, -0.1) is 0 Å². The molecule has 0 unspecified atom stereocenters. The topological polar surface area (TPSA) is 94.5 Å². The van der Waals surface area contributed by atoms with E-state index < -0.39 is 11.1 Å². The Hall–Kier alpha value is -2.09. The summed E-state index contributed by atoms with van der Waals surface area (Å²) >= 11 is 0. The van der Waals surface area contributed by atoms with Crippen molar-refractivity contribution >= 4 is 17.7 Å². The number of nitrogens with one attached hydrogen (secondary N) is 2. The van der Waals surface area contributed by atoms with Crippen LogP contribution in [0.3, 0.4) is 0 Å². The summed E-state index contributed by atoms with van der Waals surface area (Å²) in [5.74, 6) is -0.276. The molecule has 1 rings (SSSR count). The van der Waals surface area contributed by atoms with E-state index in [2.05, 4.69) is 15.7 Å². The molecule has 2 amide bonds. The standard InChI is InChI=1S/C17H30N4O4/c1-16(2,3)25-14(22)7-8-17(4,5)20-15(23)19-13-11-18-21(12-13)9-10-24-6/h11-12H,7-10H2,1-6H3,(H2,19,20,23). The Kier molecular flexibility index (Phi) is 7.41. The van der Waals surface area contributed by atoms with Crippen molar-refractivity contribution in [2.75, 3.05) is 19.0 Å². The predicted molar refractivity (Wildman–Crippen MR) is 95.4 cm³/mol. The number of esters is 1. The lowest BCUT2D eigenvalue weighted by Crippen LogP contribution is -2.46. The lowest BCUT2D eigenvalue weighted by atomic mass is 9.98. The van der Waals surface area contributed by atoms with Crippen molar-refractivity contribution in [1.29, 1.82) is 0 Å². The van der Waals surface area contributed by atoms with E-state index in [9.17, 15) is 9.59 Å². The second kappa shape index (κ2) is 8.84. The van der Waals surface area contributed by atoms with Crippen molar-refractivity contribution in [3.8, 4) is 0 Å². The van der Waals surface area contributed by atoms with Gasteiger partial charge in [0.1, 0.15) is 5.60 Å². The van der Waals surface area contributed by atoms with E-state index in [1.165, 1.54) is 0 Å². The minimum atomic E-state index is -0.549. The molecule has 0 aliphatic rings. The van der Waals surface area contributed by atoms with Crippen LogP contribution in [-0.4, -0.2) is 46.6 Å². The highest BCUT2D eigenvalue weighted by atomic mass is 16.6. The fourth-order valence-corrected chi connectivity index (χ4v) is 2.07. The number of carbonyl (C=O) groups excluding carboxylic acids is 2. The van der Waals surface area contributed by atoms with Gasteiger partial charge in [0.2, 0.25) is 0 Å². The van der Waals surface area contributed by atoms with E-state index in [-0.39, 0.29) is 18.4 Å². The van der Waals surface area contributed by atoms with Crippen LogP contribution in [-0.2, 0) is 20.8 Å². The van der Waals surface area contributed by atoms with Gasteiger partial charge in [-0.2, -0.15) is 5.10 Å². The number of methoxy groups -OCH3 is 1. The van der Waals surface area contributed by atoms with Gasteiger partial charge in [-0.3, -0.25) is 9.48 Å². The van der Waals surface area contributed by atoms with Crippen LogP contribution >= 0.6 is 0 Å². The zero-order valence-corrected chi connectivity index (χ0v) is 16.0. The van der Waals surface area contributed by atoms with Crippen LogP contribution in [0.15, 0.2) is 12.4 Å². The predicted octanol–water partition coefficient (Wildman–Crippen LogP) is 2.55. The quantitative estimate of drug-likeness (QED) is 0.700. The number of carbonyl (C=O) groups is 2. The van der Waals surface area contributed by atoms with Gasteiger partial charge in [-0.05, 0) is 41.0 Å². The third-order valence-corrected chi connectivity index (χ3v) is 3.24. The SMILES string of the molecule is COCCn1cc(NC(=O)NC(C)(C)CCC(=O)OC(C)(C)C)cn1. The van der Waals surface area contributed by atoms with E-state index in [4.69, 9.17) is 9.47 Å². The van der Waals surface area contributed by atoms with E-state index in [0.29, 0.717) is 25.3 Å². The molecule has 0 atom stereocenters. The Balaban J connectivity index is 2.43. The summed E-state index contributed by atoms with van der Waals surface area (Å²) in [6.45, 7) is 10.4. The molecule has 2 N–H and O–H groups in total. The molecule has 0 saturated heterocycles. The van der Waals surface area contributed by atoms with Crippen molar-refractivity contribution in [3.63, 3.8) is 0 Å². The number of ether oxygens (including phenoxy) is 2. The van der Waals surface area contributed by atoms with Crippen LogP contribution in [0.1, 0.15) is 47.5 Å². The van der Waals surface area contributed by atoms with Crippen LogP contribution < -0.4 is 10.6 Å². The van der Waals surface area contributed by atoms with Crippen molar-refractivity contribution in [1.82, 2.24) is 15.1 Å². The monoisotopic (exact) mass is 354 g/mol. The third kappa shape index (κ3) is 9.09. The summed E-state index contributed by atoms with van der Waals surface area (Å²) in [5.41, 5.74) is -0.460. The lowest BCUT2D eigenvalue weighted by Gasteiger charge is -2.27. The molecule has 0 fully saturated rings. The molecule has 1 aromatic rings. The number of nitrogens with zero attached hydrogens (tertiary/aromatic N) is 2. The summed E-state index contributed by atoms with van der Waals surface area (Å²) in [4.78, 5) is 23.9.